The summed E-state index contributed by atoms with van der Waals surface area (Å²) in [5.74, 6) is 2.08. The zero-order valence-corrected chi connectivity index (χ0v) is 11.9. The topological polar surface area (TPSA) is 15.3 Å². The number of nitrogens with one attached hydrogen (secondary N) is 1. The Morgan fingerprint density at radius 1 is 1.22 bits per heavy atom. The summed E-state index contributed by atoms with van der Waals surface area (Å²) in [5.41, 5.74) is 0. The van der Waals surface area contributed by atoms with Crippen molar-refractivity contribution >= 4 is 11.3 Å². The highest BCUT2D eigenvalue weighted by Gasteiger charge is 2.35. The van der Waals surface area contributed by atoms with Gasteiger partial charge < -0.3 is 10.2 Å². The Morgan fingerprint density at radius 3 is 2.78 bits per heavy atom. The highest BCUT2D eigenvalue weighted by molar-refractivity contribution is 7.09. The molecule has 2 nitrogen and oxygen atoms in total. The average molecular weight is 264 g/mol. The Hall–Kier alpha value is -0.380. The summed E-state index contributed by atoms with van der Waals surface area (Å²) in [5, 5.41) is 5.75. The van der Waals surface area contributed by atoms with Crippen molar-refractivity contribution in [2.75, 3.05) is 32.7 Å². The lowest BCUT2D eigenvalue weighted by Gasteiger charge is -2.16. The maximum absolute atomic E-state index is 3.58. The number of thiophene rings is 1. The first-order valence-electron chi connectivity index (χ1n) is 7.37. The molecular formula is C15H24N2S. The summed E-state index contributed by atoms with van der Waals surface area (Å²) in [7, 11) is 0. The zero-order valence-electron chi connectivity index (χ0n) is 11.1. The Bertz CT molecular complexity index is 337. The minimum Gasteiger partial charge on any atom is -0.315 e. The third-order valence-electron chi connectivity index (χ3n) is 4.53. The van der Waals surface area contributed by atoms with Crippen LogP contribution in [-0.2, 0) is 6.42 Å². The second-order valence-electron chi connectivity index (χ2n) is 5.79. The highest BCUT2D eigenvalue weighted by atomic mass is 32.1. The van der Waals surface area contributed by atoms with E-state index in [1.54, 1.807) is 0 Å². The Balaban J connectivity index is 1.27. The molecule has 2 unspecified atom stereocenters. The molecule has 2 heterocycles. The van der Waals surface area contributed by atoms with Crippen LogP contribution in [-0.4, -0.2) is 37.6 Å². The first-order valence-corrected chi connectivity index (χ1v) is 8.25. The molecule has 1 saturated carbocycles. The first kappa shape index (κ1) is 12.6. The SMILES string of the molecule is c1csc(CCNCCN2CC3CCCC3C2)c1. The van der Waals surface area contributed by atoms with Crippen LogP contribution in [0.4, 0.5) is 0 Å². The van der Waals surface area contributed by atoms with Crippen molar-refractivity contribution in [3.05, 3.63) is 22.4 Å². The Labute approximate surface area is 114 Å². The quantitative estimate of drug-likeness (QED) is 0.795. The van der Waals surface area contributed by atoms with E-state index in [0.29, 0.717) is 0 Å². The number of nitrogens with zero attached hydrogens (tertiary/aromatic N) is 1. The van der Waals surface area contributed by atoms with Crippen molar-refractivity contribution in [2.24, 2.45) is 11.8 Å². The summed E-state index contributed by atoms with van der Waals surface area (Å²) < 4.78 is 0. The van der Waals surface area contributed by atoms with Crippen molar-refractivity contribution < 1.29 is 0 Å². The van der Waals surface area contributed by atoms with Crippen LogP contribution >= 0.6 is 11.3 Å². The van der Waals surface area contributed by atoms with E-state index in [0.717, 1.165) is 24.9 Å². The van der Waals surface area contributed by atoms with Crippen molar-refractivity contribution in [3.8, 4) is 0 Å². The molecule has 2 fully saturated rings. The lowest BCUT2D eigenvalue weighted by atomic mass is 10.0. The second kappa shape index (κ2) is 6.18. The van der Waals surface area contributed by atoms with E-state index in [1.807, 2.05) is 11.3 Å². The monoisotopic (exact) mass is 264 g/mol. The molecule has 3 rings (SSSR count). The molecule has 0 bridgehead atoms. The minimum atomic E-state index is 1.04. The number of hydrogen-bond acceptors (Lipinski definition) is 3. The number of fused-ring (bicyclic) bond motifs is 1. The van der Waals surface area contributed by atoms with Gasteiger partial charge in [-0.1, -0.05) is 12.5 Å². The molecule has 1 N–H and O–H groups in total. The van der Waals surface area contributed by atoms with E-state index in [4.69, 9.17) is 0 Å². The summed E-state index contributed by atoms with van der Waals surface area (Å²) in [4.78, 5) is 4.17. The lowest BCUT2D eigenvalue weighted by molar-refractivity contribution is 0.310. The maximum atomic E-state index is 3.58. The third kappa shape index (κ3) is 3.14. The van der Waals surface area contributed by atoms with Crippen LogP contribution in [0, 0.1) is 11.8 Å². The van der Waals surface area contributed by atoms with Gasteiger partial charge in [-0.15, -0.1) is 11.3 Å². The molecular weight excluding hydrogens is 240 g/mol. The van der Waals surface area contributed by atoms with Gasteiger partial charge >= 0.3 is 0 Å². The van der Waals surface area contributed by atoms with Gasteiger partial charge in [0, 0.05) is 37.6 Å². The fraction of sp³-hybridized carbons (Fsp3) is 0.733. The van der Waals surface area contributed by atoms with Gasteiger partial charge in [-0.25, -0.2) is 0 Å². The van der Waals surface area contributed by atoms with Gasteiger partial charge in [-0.3, -0.25) is 0 Å². The third-order valence-corrected chi connectivity index (χ3v) is 5.47. The molecule has 2 atom stereocenters. The summed E-state index contributed by atoms with van der Waals surface area (Å²) in [6, 6.07) is 4.37. The normalized spacial score (nSPS) is 27.8. The van der Waals surface area contributed by atoms with Gasteiger partial charge in [-0.05, 0) is 42.5 Å². The zero-order chi connectivity index (χ0) is 12.2. The van der Waals surface area contributed by atoms with Gasteiger partial charge in [0.25, 0.3) is 0 Å². The van der Waals surface area contributed by atoms with Crippen LogP contribution in [0.25, 0.3) is 0 Å². The average Bonchev–Trinajstić information content (AvgIpc) is 3.03. The van der Waals surface area contributed by atoms with E-state index >= 15 is 0 Å². The molecule has 0 radical (unpaired) electrons. The van der Waals surface area contributed by atoms with Crippen LogP contribution in [0.1, 0.15) is 24.1 Å². The molecule has 1 aliphatic heterocycles. The molecule has 2 aliphatic rings. The molecule has 0 aromatic carbocycles. The van der Waals surface area contributed by atoms with E-state index in [-0.39, 0.29) is 0 Å². The smallest absolute Gasteiger partial charge is 0.0107 e. The van der Waals surface area contributed by atoms with Gasteiger partial charge in [0.2, 0.25) is 0 Å². The Morgan fingerprint density at radius 2 is 2.06 bits per heavy atom. The molecule has 0 spiro atoms. The first-order chi connectivity index (χ1) is 8.92. The fourth-order valence-corrected chi connectivity index (χ4v) is 4.25. The molecule has 1 aromatic heterocycles. The van der Waals surface area contributed by atoms with E-state index in [2.05, 4.69) is 27.7 Å². The minimum absolute atomic E-state index is 1.04. The van der Waals surface area contributed by atoms with Crippen molar-refractivity contribution in [2.45, 2.75) is 25.7 Å². The van der Waals surface area contributed by atoms with E-state index in [9.17, 15) is 0 Å². The van der Waals surface area contributed by atoms with Crippen LogP contribution < -0.4 is 5.32 Å². The number of rotatable bonds is 6. The maximum Gasteiger partial charge on any atom is 0.0107 e. The van der Waals surface area contributed by atoms with E-state index in [1.165, 1.54) is 50.2 Å². The van der Waals surface area contributed by atoms with Crippen LogP contribution in [0.5, 0.6) is 0 Å². The molecule has 1 aliphatic carbocycles. The van der Waals surface area contributed by atoms with Crippen LogP contribution in [0.15, 0.2) is 17.5 Å². The molecule has 100 valence electrons. The predicted octanol–water partition coefficient (Wildman–Crippen LogP) is 2.61. The highest BCUT2D eigenvalue weighted by Crippen LogP contribution is 2.37. The molecule has 1 saturated heterocycles. The summed E-state index contributed by atoms with van der Waals surface area (Å²) in [6.45, 7) is 6.28. The number of likely N-dealkylation sites (tertiary alicyclic amines) is 1. The van der Waals surface area contributed by atoms with Gasteiger partial charge in [0.15, 0.2) is 0 Å². The predicted molar refractivity (Wildman–Crippen MR) is 78.2 cm³/mol. The van der Waals surface area contributed by atoms with Crippen molar-refractivity contribution in [3.63, 3.8) is 0 Å². The summed E-state index contributed by atoms with van der Waals surface area (Å²) >= 11 is 1.87. The van der Waals surface area contributed by atoms with Gasteiger partial charge in [0.1, 0.15) is 0 Å². The van der Waals surface area contributed by atoms with Crippen LogP contribution in [0.2, 0.25) is 0 Å². The van der Waals surface area contributed by atoms with Gasteiger partial charge in [0.05, 0.1) is 0 Å². The molecule has 1 aromatic rings. The number of hydrogen-bond donors (Lipinski definition) is 1. The largest absolute Gasteiger partial charge is 0.315 e. The molecule has 18 heavy (non-hydrogen) atoms. The fourth-order valence-electron chi connectivity index (χ4n) is 3.54. The molecule has 3 heteroatoms. The van der Waals surface area contributed by atoms with Crippen LogP contribution in [0.3, 0.4) is 0 Å². The lowest BCUT2D eigenvalue weighted by Crippen LogP contribution is -2.32. The summed E-state index contributed by atoms with van der Waals surface area (Å²) in [6.07, 6.45) is 5.66. The van der Waals surface area contributed by atoms with Gasteiger partial charge in [-0.2, -0.15) is 0 Å². The van der Waals surface area contributed by atoms with Crippen molar-refractivity contribution in [1.29, 1.82) is 0 Å². The second-order valence-corrected chi connectivity index (χ2v) is 6.82. The standard InChI is InChI=1S/C15H24N2S/c1-3-13-11-17(12-14(13)4-1)9-8-16-7-6-15-5-2-10-18-15/h2,5,10,13-14,16H,1,3-4,6-9,11-12H2. The molecule has 0 amide bonds. The van der Waals surface area contributed by atoms with E-state index < -0.39 is 0 Å². The van der Waals surface area contributed by atoms with Crippen molar-refractivity contribution in [1.82, 2.24) is 10.2 Å². The Kier molecular flexibility index (Phi) is 4.34.